The van der Waals surface area contributed by atoms with Gasteiger partial charge in [0.15, 0.2) is 5.78 Å². The van der Waals surface area contributed by atoms with Crippen LogP contribution in [0.4, 0.5) is 17.6 Å². The van der Waals surface area contributed by atoms with Crippen LogP contribution in [0.1, 0.15) is 36.7 Å². The topological polar surface area (TPSA) is 106 Å². The van der Waals surface area contributed by atoms with Gasteiger partial charge in [0.25, 0.3) is 0 Å². The van der Waals surface area contributed by atoms with Gasteiger partial charge in [0, 0.05) is 49.4 Å². The van der Waals surface area contributed by atoms with Gasteiger partial charge in [-0.15, -0.1) is 0 Å². The molecule has 1 saturated heterocycles. The molecular weight excluding hydrogens is 514 g/mol. The molecule has 3 aromatic heterocycles. The second-order valence-corrected chi connectivity index (χ2v) is 10.6. The van der Waals surface area contributed by atoms with Crippen LogP contribution in [0, 0.1) is 6.92 Å². The van der Waals surface area contributed by atoms with Crippen molar-refractivity contribution in [3.63, 3.8) is 0 Å². The van der Waals surface area contributed by atoms with Crippen molar-refractivity contribution in [3.05, 3.63) is 66.1 Å². The number of pyridine rings is 2. The number of halogens is 4. The van der Waals surface area contributed by atoms with Crippen molar-refractivity contribution < 1.29 is 30.8 Å². The van der Waals surface area contributed by atoms with E-state index in [-0.39, 0.29) is 29.7 Å². The quantitative estimate of drug-likeness (QED) is 0.420. The monoisotopic (exact) mass is 537 g/mol. The van der Waals surface area contributed by atoms with Crippen molar-refractivity contribution in [2.24, 2.45) is 0 Å². The van der Waals surface area contributed by atoms with Gasteiger partial charge in [0.05, 0.1) is 22.7 Å². The first kappa shape index (κ1) is 26.7. The summed E-state index contributed by atoms with van der Waals surface area (Å²) in [7, 11) is -4.13. The van der Waals surface area contributed by atoms with Crippen molar-refractivity contribution in [2.75, 3.05) is 0 Å². The molecular formula is C24H23F4N5O3S. The lowest BCUT2D eigenvalue weighted by atomic mass is 9.99. The molecule has 0 unspecified atom stereocenters. The molecule has 37 heavy (non-hydrogen) atoms. The molecule has 0 N–H and O–H groups in total. The average Bonchev–Trinajstić information content (AvgIpc) is 3.18. The summed E-state index contributed by atoms with van der Waals surface area (Å²) in [4.78, 5) is 27.8. The molecule has 1 aliphatic rings. The van der Waals surface area contributed by atoms with Crippen LogP contribution < -0.4 is 0 Å². The number of alkyl halides is 4. The van der Waals surface area contributed by atoms with Crippen LogP contribution in [0.15, 0.2) is 54.1 Å². The Kier molecular flexibility index (Phi) is 7.38. The highest BCUT2D eigenvalue weighted by atomic mass is 32.2. The van der Waals surface area contributed by atoms with Crippen LogP contribution in [0.5, 0.6) is 0 Å². The Bertz CT molecular complexity index is 1390. The first-order valence-electron chi connectivity index (χ1n) is 11.3. The minimum Gasteiger partial charge on any atom is -0.298 e. The lowest BCUT2D eigenvalue weighted by Crippen LogP contribution is -2.44. The smallest absolute Gasteiger partial charge is 0.298 e. The van der Waals surface area contributed by atoms with E-state index in [4.69, 9.17) is 0 Å². The second kappa shape index (κ2) is 10.2. The van der Waals surface area contributed by atoms with E-state index in [0.29, 0.717) is 11.3 Å². The molecule has 1 aliphatic heterocycles. The number of rotatable bonds is 7. The largest absolute Gasteiger partial charge is 0.451 e. The highest BCUT2D eigenvalue weighted by molar-refractivity contribution is 7.89. The maximum atomic E-state index is 14.6. The summed E-state index contributed by atoms with van der Waals surface area (Å²) < 4.78 is 80.2. The summed E-state index contributed by atoms with van der Waals surface area (Å²) in [6, 6.07) is 2.04. The Hall–Kier alpha value is -3.32. The van der Waals surface area contributed by atoms with Gasteiger partial charge in [0.1, 0.15) is 6.17 Å². The summed E-state index contributed by atoms with van der Waals surface area (Å²) in [5.41, 5.74) is 2.00. The number of Topliss-reactive ketones (excluding diaryl/α,β-unsaturated/α-hetero) is 1. The molecule has 0 aliphatic carbocycles. The average molecular weight is 538 g/mol. The number of sulfonamides is 1. The Balaban J connectivity index is 1.53. The van der Waals surface area contributed by atoms with Gasteiger partial charge in [-0.2, -0.15) is 17.5 Å². The number of hydrogen-bond acceptors (Lipinski definition) is 7. The van der Waals surface area contributed by atoms with E-state index in [2.05, 4.69) is 19.9 Å². The molecule has 4 heterocycles. The van der Waals surface area contributed by atoms with Gasteiger partial charge >= 0.3 is 6.18 Å². The fraction of sp³-hybridized carbons (Fsp3) is 0.375. The van der Waals surface area contributed by atoms with E-state index < -0.39 is 46.1 Å². The lowest BCUT2D eigenvalue weighted by Gasteiger charge is -2.26. The molecule has 0 bridgehead atoms. The number of carbonyl (C=O) groups is 1. The molecule has 8 nitrogen and oxygen atoms in total. The maximum Gasteiger partial charge on any atom is 0.451 e. The van der Waals surface area contributed by atoms with Crippen molar-refractivity contribution in [3.8, 4) is 11.3 Å². The number of nitrogens with zero attached hydrogens (tertiary/aromatic N) is 5. The molecule has 0 saturated carbocycles. The van der Waals surface area contributed by atoms with Gasteiger partial charge < -0.3 is 0 Å². The van der Waals surface area contributed by atoms with Crippen LogP contribution in [0.3, 0.4) is 0 Å². The van der Waals surface area contributed by atoms with E-state index in [1.54, 1.807) is 13.0 Å². The Morgan fingerprint density at radius 3 is 2.38 bits per heavy atom. The van der Waals surface area contributed by atoms with Crippen LogP contribution in [0.2, 0.25) is 0 Å². The van der Waals surface area contributed by atoms with E-state index in [9.17, 15) is 30.8 Å². The molecule has 196 valence electrons. The van der Waals surface area contributed by atoms with Crippen molar-refractivity contribution in [1.29, 1.82) is 0 Å². The van der Waals surface area contributed by atoms with E-state index in [1.807, 2.05) is 0 Å². The van der Waals surface area contributed by atoms with E-state index in [1.165, 1.54) is 37.6 Å². The zero-order valence-electron chi connectivity index (χ0n) is 19.9. The normalized spacial score (nSPS) is 20.8. The number of ketones is 1. The molecule has 3 aromatic rings. The molecule has 3 atom stereocenters. The summed E-state index contributed by atoms with van der Waals surface area (Å²) in [5, 5.41) is 0. The van der Waals surface area contributed by atoms with E-state index >= 15 is 0 Å². The molecule has 0 radical (unpaired) electrons. The minimum absolute atomic E-state index is 0.0692. The predicted octanol–water partition coefficient (Wildman–Crippen LogP) is 3.95. The van der Waals surface area contributed by atoms with Gasteiger partial charge in [-0.3, -0.25) is 14.8 Å². The van der Waals surface area contributed by atoms with Crippen LogP contribution in [-0.2, 0) is 27.4 Å². The highest BCUT2D eigenvalue weighted by Gasteiger charge is 2.48. The molecule has 1 fully saturated rings. The molecule has 0 aromatic carbocycles. The molecule has 13 heteroatoms. The zero-order chi connectivity index (χ0) is 27.0. The predicted molar refractivity (Wildman–Crippen MR) is 124 cm³/mol. The summed E-state index contributed by atoms with van der Waals surface area (Å²) in [6.45, 7) is 3.19. The van der Waals surface area contributed by atoms with Gasteiger partial charge in [-0.05, 0) is 49.6 Å². The molecule has 0 spiro atoms. The number of carbonyl (C=O) groups excluding carboxylic acids is 1. The van der Waals surface area contributed by atoms with Crippen LogP contribution in [-0.4, -0.2) is 56.7 Å². The third-order valence-electron chi connectivity index (χ3n) is 6.33. The maximum absolute atomic E-state index is 14.6. The Morgan fingerprint density at radius 1 is 1.11 bits per heavy atom. The van der Waals surface area contributed by atoms with Crippen molar-refractivity contribution in [2.45, 2.75) is 62.4 Å². The SMILES string of the molecule is Cc1cnc(-c2cnc(C(F)(F)F)nc2)cc1CCC(=O)[C@@H]1C[C@@H](F)[C@H](C)N1S(=O)(=O)c1ccncc1. The lowest BCUT2D eigenvalue weighted by molar-refractivity contribution is -0.145. The Labute approximate surface area is 210 Å². The Morgan fingerprint density at radius 2 is 1.76 bits per heavy atom. The first-order valence-corrected chi connectivity index (χ1v) is 12.8. The fourth-order valence-corrected chi connectivity index (χ4v) is 6.09. The third kappa shape index (κ3) is 5.52. The number of hydrogen-bond donors (Lipinski definition) is 0. The molecule has 0 amide bonds. The second-order valence-electron chi connectivity index (χ2n) is 8.78. The van der Waals surface area contributed by atoms with Crippen LogP contribution >= 0.6 is 0 Å². The summed E-state index contributed by atoms with van der Waals surface area (Å²) in [6.07, 6.45) is -0.106. The summed E-state index contributed by atoms with van der Waals surface area (Å²) >= 11 is 0. The van der Waals surface area contributed by atoms with Gasteiger partial charge in [-0.1, -0.05) is 0 Å². The van der Waals surface area contributed by atoms with Crippen molar-refractivity contribution >= 4 is 15.8 Å². The third-order valence-corrected chi connectivity index (χ3v) is 8.34. The highest BCUT2D eigenvalue weighted by Crippen LogP contribution is 2.34. The zero-order valence-corrected chi connectivity index (χ0v) is 20.7. The number of aryl methyl sites for hydroxylation is 2. The standard InChI is InChI=1S/C24H23F4N5O3S/c1-14-11-30-20(17-12-31-23(32-13-17)24(26,27)28)9-16(14)3-4-22(34)21-10-19(25)15(2)33(21)37(35,36)18-5-7-29-8-6-18/h5-9,11-13,15,19,21H,3-4,10H2,1-2H3/t15-,19+,21-/m0/s1. The van der Waals surface area contributed by atoms with Crippen LogP contribution in [0.25, 0.3) is 11.3 Å². The van der Waals surface area contributed by atoms with Gasteiger partial charge in [-0.25, -0.2) is 22.8 Å². The first-order chi connectivity index (χ1) is 17.4. The molecule has 4 rings (SSSR count). The fourth-order valence-electron chi connectivity index (χ4n) is 4.27. The minimum atomic E-state index is -4.67. The summed E-state index contributed by atoms with van der Waals surface area (Å²) in [5.74, 6) is -1.70. The van der Waals surface area contributed by atoms with Crippen molar-refractivity contribution in [1.82, 2.24) is 24.2 Å². The van der Waals surface area contributed by atoms with E-state index in [0.717, 1.165) is 22.3 Å². The van der Waals surface area contributed by atoms with Gasteiger partial charge in [0.2, 0.25) is 15.8 Å². The number of aromatic nitrogens is 4.